The summed E-state index contributed by atoms with van der Waals surface area (Å²) in [5, 5.41) is 20.1. The van der Waals surface area contributed by atoms with E-state index in [0.717, 1.165) is 0 Å². The van der Waals surface area contributed by atoms with Gasteiger partial charge in [0.15, 0.2) is 0 Å². The van der Waals surface area contributed by atoms with Crippen molar-refractivity contribution >= 4 is 12.6 Å². The normalized spacial score (nSPS) is 12.7. The Morgan fingerprint density at radius 2 is 1.80 bits per heavy atom. The van der Waals surface area contributed by atoms with Crippen LogP contribution in [0.15, 0.2) is 18.3 Å². The Hall–Kier alpha value is -1.11. The maximum absolute atomic E-state index is 10.1. The molecule has 0 aromatic carbocycles. The molecule has 0 atom stereocenters. The molecule has 0 radical (unpaired) electrons. The zero-order valence-electron chi connectivity index (χ0n) is 13.0. The molecule has 0 aliphatic heterocycles. The van der Waals surface area contributed by atoms with Crippen molar-refractivity contribution in [2.24, 2.45) is 0 Å². The summed E-state index contributed by atoms with van der Waals surface area (Å²) in [5.74, 6) is 0.498. The molecular weight excluding hydrogens is 257 g/mol. The molecule has 0 bridgehead atoms. The fraction of sp³-hybridized carbons (Fsp3) is 0.643. The second-order valence-corrected chi connectivity index (χ2v) is 6.14. The summed E-state index contributed by atoms with van der Waals surface area (Å²) in [6.45, 7) is 10.5. The van der Waals surface area contributed by atoms with Crippen molar-refractivity contribution in [3.05, 3.63) is 18.3 Å². The molecule has 112 valence electrons. The van der Waals surface area contributed by atoms with E-state index < -0.39 is 18.3 Å². The Balaban J connectivity index is 2.76. The highest BCUT2D eigenvalue weighted by Crippen LogP contribution is 2.25. The minimum absolute atomic E-state index is 0.0450. The molecule has 0 unspecified atom stereocenters. The van der Waals surface area contributed by atoms with Gasteiger partial charge in [-0.3, -0.25) is 0 Å². The largest absolute Gasteiger partial charge is 0.493 e. The van der Waals surface area contributed by atoms with Gasteiger partial charge in [0, 0.05) is 11.7 Å². The summed E-state index contributed by atoms with van der Waals surface area (Å²) in [7, 11) is -1.16. The highest BCUT2D eigenvalue weighted by molar-refractivity contribution is 6.60. The molecule has 6 heteroatoms. The lowest BCUT2D eigenvalue weighted by Gasteiger charge is -2.38. The number of aliphatic hydroxyl groups is 1. The summed E-state index contributed by atoms with van der Waals surface area (Å²) in [6, 6.07) is 3.37. The van der Waals surface area contributed by atoms with Gasteiger partial charge in [-0.2, -0.15) is 0 Å². The number of aromatic nitrogens is 1. The maximum atomic E-state index is 10.1. The van der Waals surface area contributed by atoms with Gasteiger partial charge in [-0.05, 0) is 47.6 Å². The molecule has 5 nitrogen and oxygen atoms in total. The second kappa shape index (κ2) is 6.12. The van der Waals surface area contributed by atoms with E-state index in [9.17, 15) is 10.1 Å². The summed E-state index contributed by atoms with van der Waals surface area (Å²) >= 11 is 0. The van der Waals surface area contributed by atoms with Crippen LogP contribution in [0.5, 0.6) is 5.88 Å². The van der Waals surface area contributed by atoms with Crippen LogP contribution in [0.25, 0.3) is 0 Å². The number of hydrogen-bond acceptors (Lipinski definition) is 5. The Labute approximate surface area is 121 Å². The molecule has 1 aromatic rings. The first-order valence-corrected chi connectivity index (χ1v) is 6.74. The minimum atomic E-state index is -1.16. The van der Waals surface area contributed by atoms with Crippen molar-refractivity contribution in [3.63, 3.8) is 0 Å². The van der Waals surface area contributed by atoms with E-state index in [4.69, 9.17) is 9.39 Å². The molecule has 2 N–H and O–H groups in total. The molecule has 0 aliphatic carbocycles. The first kappa shape index (κ1) is 16.9. The maximum Gasteiger partial charge on any atom is 0.493 e. The van der Waals surface area contributed by atoms with Crippen LogP contribution in [0, 0.1) is 0 Å². The van der Waals surface area contributed by atoms with E-state index in [2.05, 4.69) is 4.98 Å². The lowest BCUT2D eigenvalue weighted by Crippen LogP contribution is -2.53. The summed E-state index contributed by atoms with van der Waals surface area (Å²) in [4.78, 5) is 4.11. The van der Waals surface area contributed by atoms with Crippen molar-refractivity contribution in [1.82, 2.24) is 4.98 Å². The second-order valence-electron chi connectivity index (χ2n) is 6.14. The number of pyridine rings is 1. The third-order valence-corrected chi connectivity index (χ3v) is 3.28. The average molecular weight is 281 g/mol. The SMILES string of the molecule is CC(C)Oc1ccc(B(O)OC(C)(C)C(C)(C)O)cn1. The monoisotopic (exact) mass is 281 g/mol. The van der Waals surface area contributed by atoms with Crippen LogP contribution in [0.2, 0.25) is 0 Å². The molecule has 0 fully saturated rings. The van der Waals surface area contributed by atoms with Crippen LogP contribution in [-0.2, 0) is 4.65 Å². The van der Waals surface area contributed by atoms with Crippen LogP contribution in [0.4, 0.5) is 0 Å². The smallest absolute Gasteiger partial charge is 0.475 e. The third kappa shape index (κ3) is 4.47. The zero-order chi connectivity index (χ0) is 15.6. The summed E-state index contributed by atoms with van der Waals surface area (Å²) < 4.78 is 11.0. The van der Waals surface area contributed by atoms with Crippen LogP contribution in [0.3, 0.4) is 0 Å². The van der Waals surface area contributed by atoms with E-state index in [1.165, 1.54) is 6.20 Å². The Morgan fingerprint density at radius 1 is 1.20 bits per heavy atom. The Kier molecular flexibility index (Phi) is 5.18. The van der Waals surface area contributed by atoms with Gasteiger partial charge in [-0.1, -0.05) is 6.07 Å². The summed E-state index contributed by atoms with van der Waals surface area (Å²) in [5.41, 5.74) is -1.47. The van der Waals surface area contributed by atoms with Gasteiger partial charge in [0.1, 0.15) is 0 Å². The molecule has 0 saturated heterocycles. The number of nitrogens with zero attached hydrogens (tertiary/aromatic N) is 1. The first-order chi connectivity index (χ1) is 9.03. The molecule has 0 saturated carbocycles. The van der Waals surface area contributed by atoms with Gasteiger partial charge in [-0.25, -0.2) is 4.98 Å². The van der Waals surface area contributed by atoms with E-state index >= 15 is 0 Å². The molecule has 1 aromatic heterocycles. The van der Waals surface area contributed by atoms with Crippen LogP contribution in [-0.4, -0.2) is 39.5 Å². The third-order valence-electron chi connectivity index (χ3n) is 3.28. The Bertz CT molecular complexity index is 426. The highest BCUT2D eigenvalue weighted by Gasteiger charge is 2.39. The Morgan fingerprint density at radius 3 is 2.20 bits per heavy atom. The number of hydrogen-bond donors (Lipinski definition) is 2. The predicted octanol–water partition coefficient (Wildman–Crippen LogP) is 1.12. The van der Waals surface area contributed by atoms with Crippen molar-refractivity contribution in [2.45, 2.75) is 58.8 Å². The van der Waals surface area contributed by atoms with Gasteiger partial charge in [0.2, 0.25) is 5.88 Å². The molecule has 1 heterocycles. The molecule has 0 spiro atoms. The molecule has 0 aliphatic rings. The van der Waals surface area contributed by atoms with Crippen molar-refractivity contribution in [3.8, 4) is 5.88 Å². The van der Waals surface area contributed by atoms with Gasteiger partial charge in [0.05, 0.1) is 17.3 Å². The number of ether oxygens (including phenoxy) is 1. The van der Waals surface area contributed by atoms with Crippen LogP contribution >= 0.6 is 0 Å². The van der Waals surface area contributed by atoms with E-state index in [1.54, 1.807) is 39.8 Å². The summed E-state index contributed by atoms with van der Waals surface area (Å²) in [6.07, 6.45) is 1.55. The lowest BCUT2D eigenvalue weighted by molar-refractivity contribution is -0.0982. The molecule has 0 amide bonds. The fourth-order valence-corrected chi connectivity index (χ4v) is 1.34. The van der Waals surface area contributed by atoms with Crippen molar-refractivity contribution in [1.29, 1.82) is 0 Å². The van der Waals surface area contributed by atoms with E-state index in [-0.39, 0.29) is 6.10 Å². The van der Waals surface area contributed by atoms with Gasteiger partial charge >= 0.3 is 7.12 Å². The van der Waals surface area contributed by atoms with Crippen LogP contribution in [0.1, 0.15) is 41.5 Å². The molecular formula is C14H24BNO4. The van der Waals surface area contributed by atoms with Gasteiger partial charge in [0.25, 0.3) is 0 Å². The standard InChI is InChI=1S/C14H24BNO4/c1-10(2)19-12-8-7-11(9-16-12)15(18)20-14(5,6)13(3,4)17/h7-10,17-18H,1-6H3. The average Bonchev–Trinajstić information content (AvgIpc) is 2.26. The topological polar surface area (TPSA) is 71.8 Å². The predicted molar refractivity (Wildman–Crippen MR) is 79.1 cm³/mol. The van der Waals surface area contributed by atoms with Gasteiger partial charge in [-0.15, -0.1) is 0 Å². The van der Waals surface area contributed by atoms with E-state index in [1.807, 2.05) is 13.8 Å². The van der Waals surface area contributed by atoms with Crippen molar-refractivity contribution < 1.29 is 19.5 Å². The molecule has 1 rings (SSSR count). The quantitative estimate of drug-likeness (QED) is 0.765. The molecule has 20 heavy (non-hydrogen) atoms. The van der Waals surface area contributed by atoms with Crippen molar-refractivity contribution in [2.75, 3.05) is 0 Å². The first-order valence-electron chi connectivity index (χ1n) is 6.74. The lowest BCUT2D eigenvalue weighted by atomic mass is 9.77. The van der Waals surface area contributed by atoms with E-state index in [0.29, 0.717) is 11.3 Å². The number of rotatable bonds is 6. The minimum Gasteiger partial charge on any atom is -0.475 e. The zero-order valence-corrected chi connectivity index (χ0v) is 13.0. The van der Waals surface area contributed by atoms with Gasteiger partial charge < -0.3 is 19.5 Å². The fourth-order valence-electron chi connectivity index (χ4n) is 1.34. The highest BCUT2D eigenvalue weighted by atomic mass is 16.5. The van der Waals surface area contributed by atoms with Crippen LogP contribution < -0.4 is 10.2 Å².